The fourth-order valence-corrected chi connectivity index (χ4v) is 1.12. The molecule has 1 rings (SSSR count). The summed E-state index contributed by atoms with van der Waals surface area (Å²) >= 11 is 0. The minimum absolute atomic E-state index is 0.358. The fourth-order valence-electron chi connectivity index (χ4n) is 1.12. The highest BCUT2D eigenvalue weighted by Gasteiger charge is 2.06. The molecule has 0 atom stereocenters. The number of allylic oxidation sites excluding steroid dienone is 1. The van der Waals surface area contributed by atoms with Crippen molar-refractivity contribution in [1.82, 2.24) is 5.32 Å². The van der Waals surface area contributed by atoms with Crippen molar-refractivity contribution >= 4 is 18.3 Å². The number of carbonyl (C=O) groups excluding carboxylic acids is 2. The van der Waals surface area contributed by atoms with E-state index in [0.717, 1.165) is 0 Å². The molecule has 0 fully saturated rings. The van der Waals surface area contributed by atoms with Crippen molar-refractivity contribution in [3.63, 3.8) is 0 Å². The van der Waals surface area contributed by atoms with E-state index in [-0.39, 0.29) is 5.91 Å². The van der Waals surface area contributed by atoms with E-state index >= 15 is 0 Å². The standard InChI is InChI=1S/C12H9NO2/c1-2-13-12(15)11-8-4-3-6-10(11)7-5-9-14/h1,3-9H,(H,13,15)/b7-5+. The van der Waals surface area contributed by atoms with Gasteiger partial charge >= 0.3 is 0 Å². The highest BCUT2D eigenvalue weighted by atomic mass is 16.1. The van der Waals surface area contributed by atoms with Gasteiger partial charge in [0.2, 0.25) is 0 Å². The maximum absolute atomic E-state index is 11.5. The fraction of sp³-hybridized carbons (Fsp3) is 0. The monoisotopic (exact) mass is 199 g/mol. The Morgan fingerprint density at radius 1 is 1.40 bits per heavy atom. The molecule has 0 saturated heterocycles. The van der Waals surface area contributed by atoms with E-state index in [2.05, 4.69) is 11.4 Å². The first-order valence-electron chi connectivity index (χ1n) is 4.26. The summed E-state index contributed by atoms with van der Waals surface area (Å²) in [6, 6.07) is 8.92. The first kappa shape index (κ1) is 10.7. The smallest absolute Gasteiger partial charge is 0.263 e. The molecule has 15 heavy (non-hydrogen) atoms. The zero-order valence-electron chi connectivity index (χ0n) is 7.94. The van der Waals surface area contributed by atoms with Crippen molar-refractivity contribution in [2.24, 2.45) is 0 Å². The highest BCUT2D eigenvalue weighted by molar-refractivity contribution is 5.99. The van der Waals surface area contributed by atoms with Crippen molar-refractivity contribution in [2.75, 3.05) is 0 Å². The second-order valence-electron chi connectivity index (χ2n) is 2.68. The average molecular weight is 199 g/mol. The largest absolute Gasteiger partial charge is 0.299 e. The van der Waals surface area contributed by atoms with Gasteiger partial charge in [-0.05, 0) is 17.7 Å². The Morgan fingerprint density at radius 3 is 2.80 bits per heavy atom. The number of hydrogen-bond acceptors (Lipinski definition) is 2. The second-order valence-corrected chi connectivity index (χ2v) is 2.68. The zero-order valence-corrected chi connectivity index (χ0v) is 7.94. The number of hydrogen-bond donors (Lipinski definition) is 1. The first-order chi connectivity index (χ1) is 7.29. The molecule has 0 aliphatic rings. The topological polar surface area (TPSA) is 46.2 Å². The molecule has 0 bridgehead atoms. The van der Waals surface area contributed by atoms with Crippen molar-refractivity contribution < 1.29 is 9.59 Å². The molecule has 0 aliphatic carbocycles. The number of amides is 1. The summed E-state index contributed by atoms with van der Waals surface area (Å²) in [4.78, 5) is 21.6. The van der Waals surface area contributed by atoms with E-state index in [1.54, 1.807) is 30.3 Å². The minimum Gasteiger partial charge on any atom is -0.299 e. The van der Waals surface area contributed by atoms with Crippen LogP contribution in [0.15, 0.2) is 30.3 Å². The van der Waals surface area contributed by atoms with E-state index in [1.165, 1.54) is 6.08 Å². The van der Waals surface area contributed by atoms with E-state index in [4.69, 9.17) is 6.42 Å². The number of terminal acetylenes is 1. The van der Waals surface area contributed by atoms with Gasteiger partial charge < -0.3 is 0 Å². The van der Waals surface area contributed by atoms with Crippen LogP contribution in [-0.4, -0.2) is 12.2 Å². The minimum atomic E-state index is -0.358. The first-order valence-corrected chi connectivity index (χ1v) is 4.26. The SMILES string of the molecule is C#CNC(=O)c1ccccc1/C=C/C=O. The van der Waals surface area contributed by atoms with E-state index in [0.29, 0.717) is 17.4 Å². The Labute approximate surface area is 87.8 Å². The predicted octanol–water partition coefficient (Wildman–Crippen LogP) is 1.22. The van der Waals surface area contributed by atoms with Gasteiger partial charge in [0.05, 0.1) is 0 Å². The van der Waals surface area contributed by atoms with Crippen molar-refractivity contribution in [3.8, 4) is 12.5 Å². The van der Waals surface area contributed by atoms with Crippen LogP contribution in [0.1, 0.15) is 15.9 Å². The number of benzene rings is 1. The molecule has 3 heteroatoms. The lowest BCUT2D eigenvalue weighted by molar-refractivity contribution is -0.104. The van der Waals surface area contributed by atoms with Gasteiger partial charge in [-0.25, -0.2) is 0 Å². The molecule has 0 aromatic heterocycles. The molecule has 74 valence electrons. The Morgan fingerprint density at radius 2 is 2.13 bits per heavy atom. The Balaban J connectivity index is 3.06. The Bertz CT molecular complexity index is 441. The van der Waals surface area contributed by atoms with Gasteiger partial charge in [0.15, 0.2) is 0 Å². The summed E-state index contributed by atoms with van der Waals surface area (Å²) in [6.07, 6.45) is 8.48. The van der Waals surface area contributed by atoms with E-state index in [1.807, 2.05) is 0 Å². The Kier molecular flexibility index (Phi) is 3.87. The molecule has 0 aliphatic heterocycles. The van der Waals surface area contributed by atoms with Gasteiger partial charge in [-0.1, -0.05) is 30.7 Å². The molecule has 3 nitrogen and oxygen atoms in total. The summed E-state index contributed by atoms with van der Waals surface area (Å²) < 4.78 is 0. The van der Waals surface area contributed by atoms with Gasteiger partial charge in [0.25, 0.3) is 5.91 Å². The summed E-state index contributed by atoms with van der Waals surface area (Å²) in [6.45, 7) is 0. The zero-order chi connectivity index (χ0) is 11.1. The molecule has 0 saturated carbocycles. The number of nitrogens with one attached hydrogen (secondary N) is 1. The lowest BCUT2D eigenvalue weighted by Crippen LogP contribution is -2.18. The highest BCUT2D eigenvalue weighted by Crippen LogP contribution is 2.10. The maximum atomic E-state index is 11.5. The van der Waals surface area contributed by atoms with E-state index < -0.39 is 0 Å². The van der Waals surface area contributed by atoms with Crippen LogP contribution in [0.5, 0.6) is 0 Å². The van der Waals surface area contributed by atoms with Gasteiger partial charge in [-0.15, -0.1) is 0 Å². The lowest BCUT2D eigenvalue weighted by Gasteiger charge is -2.02. The van der Waals surface area contributed by atoms with Crippen LogP contribution in [0.3, 0.4) is 0 Å². The van der Waals surface area contributed by atoms with Crippen molar-refractivity contribution in [1.29, 1.82) is 0 Å². The van der Waals surface area contributed by atoms with Gasteiger partial charge in [0.1, 0.15) is 6.29 Å². The molecule has 0 radical (unpaired) electrons. The summed E-state index contributed by atoms with van der Waals surface area (Å²) in [5.41, 5.74) is 1.09. The van der Waals surface area contributed by atoms with Gasteiger partial charge in [-0.3, -0.25) is 14.9 Å². The molecular formula is C12H9NO2. The van der Waals surface area contributed by atoms with Crippen LogP contribution in [0.25, 0.3) is 6.08 Å². The molecular weight excluding hydrogens is 190 g/mol. The van der Waals surface area contributed by atoms with Gasteiger partial charge in [-0.2, -0.15) is 0 Å². The molecule has 1 aromatic rings. The van der Waals surface area contributed by atoms with E-state index in [9.17, 15) is 9.59 Å². The number of rotatable bonds is 3. The predicted molar refractivity (Wildman–Crippen MR) is 57.8 cm³/mol. The third-order valence-corrected chi connectivity index (χ3v) is 1.75. The Hall–Kier alpha value is -2.34. The van der Waals surface area contributed by atoms with Crippen molar-refractivity contribution in [2.45, 2.75) is 0 Å². The van der Waals surface area contributed by atoms with Crippen LogP contribution in [0.4, 0.5) is 0 Å². The quantitative estimate of drug-likeness (QED) is 0.344. The molecule has 0 heterocycles. The number of carbonyl (C=O) groups is 2. The van der Waals surface area contributed by atoms with Crippen LogP contribution in [-0.2, 0) is 4.79 Å². The number of aldehydes is 1. The lowest BCUT2D eigenvalue weighted by atomic mass is 10.1. The normalized spacial score (nSPS) is 9.53. The summed E-state index contributed by atoms with van der Waals surface area (Å²) in [5, 5.41) is 2.25. The summed E-state index contributed by atoms with van der Waals surface area (Å²) in [7, 11) is 0. The maximum Gasteiger partial charge on any atom is 0.263 e. The van der Waals surface area contributed by atoms with Crippen LogP contribution in [0.2, 0.25) is 0 Å². The molecule has 1 aromatic carbocycles. The third-order valence-electron chi connectivity index (χ3n) is 1.75. The molecule has 0 unspecified atom stereocenters. The molecule has 0 spiro atoms. The third kappa shape index (κ3) is 2.82. The van der Waals surface area contributed by atoms with Gasteiger partial charge in [0, 0.05) is 11.6 Å². The average Bonchev–Trinajstić information content (AvgIpc) is 2.27. The van der Waals surface area contributed by atoms with Crippen LogP contribution < -0.4 is 5.32 Å². The molecule has 1 N–H and O–H groups in total. The van der Waals surface area contributed by atoms with Crippen LogP contribution >= 0.6 is 0 Å². The second kappa shape index (κ2) is 5.40. The summed E-state index contributed by atoms with van der Waals surface area (Å²) in [5.74, 6) is -0.358. The molecule has 1 amide bonds. The van der Waals surface area contributed by atoms with Crippen molar-refractivity contribution in [3.05, 3.63) is 41.5 Å². The van der Waals surface area contributed by atoms with Crippen LogP contribution in [0, 0.1) is 12.5 Å².